The highest BCUT2D eigenvalue weighted by Crippen LogP contribution is 2.34. The predicted molar refractivity (Wildman–Crippen MR) is 68.1 cm³/mol. The summed E-state index contributed by atoms with van der Waals surface area (Å²) in [6, 6.07) is 1.76. The van der Waals surface area contributed by atoms with Gasteiger partial charge in [0.05, 0.1) is 5.56 Å². The quantitative estimate of drug-likeness (QED) is 0.476. The zero-order valence-electron chi connectivity index (χ0n) is 11.3. The van der Waals surface area contributed by atoms with Crippen molar-refractivity contribution in [3.63, 3.8) is 0 Å². The lowest BCUT2D eigenvalue weighted by Crippen LogP contribution is -2.41. The smallest absolute Gasteiger partial charge is 0.197 e. The van der Waals surface area contributed by atoms with Gasteiger partial charge in [0.1, 0.15) is 5.60 Å². The number of hydrogen-bond donors (Lipinski definition) is 0. The Balaban J connectivity index is 2.40. The molecule has 1 saturated carbocycles. The summed E-state index contributed by atoms with van der Waals surface area (Å²) in [5.74, 6) is -4.95. The van der Waals surface area contributed by atoms with Gasteiger partial charge < -0.3 is 4.74 Å². The minimum absolute atomic E-state index is 0.437. The predicted octanol–water partition coefficient (Wildman–Crippen LogP) is 4.03. The molecule has 2 rings (SSSR count). The maximum Gasteiger partial charge on any atom is 0.197 e. The fourth-order valence-corrected chi connectivity index (χ4v) is 2.77. The van der Waals surface area contributed by atoms with Gasteiger partial charge in [-0.15, -0.1) is 0 Å². The first-order valence-corrected chi connectivity index (χ1v) is 6.75. The van der Waals surface area contributed by atoms with E-state index in [2.05, 4.69) is 0 Å². The number of ether oxygens (including phenoxy) is 1. The van der Waals surface area contributed by atoms with E-state index in [-0.39, 0.29) is 0 Å². The molecule has 1 aliphatic rings. The minimum atomic E-state index is -1.62. The Morgan fingerprint density at radius 2 is 1.65 bits per heavy atom. The van der Waals surface area contributed by atoms with Crippen molar-refractivity contribution < 1.29 is 22.7 Å². The van der Waals surface area contributed by atoms with Gasteiger partial charge in [0, 0.05) is 7.11 Å². The van der Waals surface area contributed by atoms with Crippen LogP contribution in [0.15, 0.2) is 12.1 Å². The summed E-state index contributed by atoms with van der Waals surface area (Å²) in [5.41, 5.74) is -1.56. The zero-order valence-corrected chi connectivity index (χ0v) is 11.3. The third kappa shape index (κ3) is 2.59. The third-order valence-corrected chi connectivity index (χ3v) is 4.00. The molecule has 0 heterocycles. The van der Waals surface area contributed by atoms with Crippen molar-refractivity contribution in [2.24, 2.45) is 0 Å². The van der Waals surface area contributed by atoms with Crippen LogP contribution in [0.1, 0.15) is 48.9 Å². The van der Waals surface area contributed by atoms with E-state index >= 15 is 0 Å². The van der Waals surface area contributed by atoms with Gasteiger partial charge in [-0.3, -0.25) is 4.79 Å². The molecule has 0 unspecified atom stereocenters. The molecule has 20 heavy (non-hydrogen) atoms. The molecule has 0 radical (unpaired) electrons. The molecule has 1 fully saturated rings. The first-order valence-electron chi connectivity index (χ1n) is 6.75. The summed E-state index contributed by atoms with van der Waals surface area (Å²) in [6.45, 7) is 0. The number of hydrogen-bond acceptors (Lipinski definition) is 2. The Morgan fingerprint density at radius 1 is 1.05 bits per heavy atom. The highest BCUT2D eigenvalue weighted by molar-refractivity contribution is 6.02. The molecule has 1 aliphatic carbocycles. The highest BCUT2D eigenvalue weighted by atomic mass is 19.2. The van der Waals surface area contributed by atoms with E-state index < -0.39 is 34.4 Å². The van der Waals surface area contributed by atoms with Crippen molar-refractivity contribution in [2.75, 3.05) is 7.11 Å². The van der Waals surface area contributed by atoms with E-state index in [0.29, 0.717) is 12.8 Å². The van der Waals surface area contributed by atoms with Gasteiger partial charge in [-0.25, -0.2) is 13.2 Å². The molecule has 0 aromatic heterocycles. The standard InChI is InChI=1S/C15H17F3O2/c1-20-15(8-4-2-3-5-9-15)14(19)10-6-7-11(16)13(18)12(10)17/h6-7H,2-5,8-9H2,1H3. The van der Waals surface area contributed by atoms with Gasteiger partial charge in [-0.2, -0.15) is 0 Å². The second-order valence-electron chi connectivity index (χ2n) is 5.16. The van der Waals surface area contributed by atoms with Crippen LogP contribution in [0.2, 0.25) is 0 Å². The van der Waals surface area contributed by atoms with E-state index in [4.69, 9.17) is 4.74 Å². The summed E-state index contributed by atoms with van der Waals surface area (Å²) in [5, 5.41) is 0. The van der Waals surface area contributed by atoms with Crippen molar-refractivity contribution in [3.8, 4) is 0 Å². The van der Waals surface area contributed by atoms with E-state index in [1.165, 1.54) is 7.11 Å². The summed E-state index contributed by atoms with van der Waals surface area (Å²) >= 11 is 0. The molecule has 110 valence electrons. The summed E-state index contributed by atoms with van der Waals surface area (Å²) < 4.78 is 45.4. The molecule has 0 bridgehead atoms. The van der Waals surface area contributed by atoms with Crippen molar-refractivity contribution >= 4 is 5.78 Å². The SMILES string of the molecule is COC1(C(=O)c2ccc(F)c(F)c2F)CCCCCC1. The molecule has 0 saturated heterocycles. The van der Waals surface area contributed by atoms with Gasteiger partial charge in [-0.05, 0) is 25.0 Å². The van der Waals surface area contributed by atoms with Crippen LogP contribution < -0.4 is 0 Å². The Hall–Kier alpha value is -1.36. The molecule has 0 N–H and O–H groups in total. The number of rotatable bonds is 3. The molecule has 0 spiro atoms. The van der Waals surface area contributed by atoms with Gasteiger partial charge in [0.15, 0.2) is 23.2 Å². The van der Waals surface area contributed by atoms with Crippen LogP contribution in [0.25, 0.3) is 0 Å². The maximum atomic E-state index is 13.8. The maximum absolute atomic E-state index is 13.8. The largest absolute Gasteiger partial charge is 0.370 e. The van der Waals surface area contributed by atoms with Crippen LogP contribution in [0, 0.1) is 17.5 Å². The van der Waals surface area contributed by atoms with E-state index in [1.54, 1.807) is 0 Å². The molecule has 2 nitrogen and oxygen atoms in total. The van der Waals surface area contributed by atoms with Crippen molar-refractivity contribution in [3.05, 3.63) is 35.1 Å². The van der Waals surface area contributed by atoms with Crippen LogP contribution in [0.4, 0.5) is 13.2 Å². The summed E-state index contributed by atoms with van der Waals surface area (Å²) in [4.78, 5) is 12.5. The molecule has 0 aliphatic heterocycles. The second-order valence-corrected chi connectivity index (χ2v) is 5.16. The molecular weight excluding hydrogens is 269 g/mol. The number of Topliss-reactive ketones (excluding diaryl/α,β-unsaturated/α-hetero) is 1. The number of halogens is 3. The van der Waals surface area contributed by atoms with E-state index in [1.807, 2.05) is 0 Å². The Morgan fingerprint density at radius 3 is 2.20 bits per heavy atom. The second kappa shape index (κ2) is 5.95. The van der Waals surface area contributed by atoms with Crippen LogP contribution in [0.3, 0.4) is 0 Å². The average molecular weight is 286 g/mol. The normalized spacial score (nSPS) is 18.6. The van der Waals surface area contributed by atoms with Crippen molar-refractivity contribution in [1.82, 2.24) is 0 Å². The Bertz CT molecular complexity index is 506. The fraction of sp³-hybridized carbons (Fsp3) is 0.533. The molecule has 1 aromatic rings. The fourth-order valence-electron chi connectivity index (χ4n) is 2.77. The van der Waals surface area contributed by atoms with Crippen LogP contribution in [-0.2, 0) is 4.74 Å². The van der Waals surface area contributed by atoms with Crippen molar-refractivity contribution in [2.45, 2.75) is 44.1 Å². The number of ketones is 1. The average Bonchev–Trinajstić information content (AvgIpc) is 2.71. The number of carbonyl (C=O) groups is 1. The lowest BCUT2D eigenvalue weighted by Gasteiger charge is -2.30. The monoisotopic (exact) mass is 286 g/mol. The van der Waals surface area contributed by atoms with Gasteiger partial charge in [-0.1, -0.05) is 25.7 Å². The molecular formula is C15H17F3O2. The van der Waals surface area contributed by atoms with E-state index in [9.17, 15) is 18.0 Å². The lowest BCUT2D eigenvalue weighted by molar-refractivity contribution is -0.00729. The number of methoxy groups -OCH3 is 1. The first-order chi connectivity index (χ1) is 9.52. The zero-order chi connectivity index (χ0) is 14.8. The Labute approximate surface area is 115 Å². The summed E-state index contributed by atoms with van der Waals surface area (Å²) in [7, 11) is 1.40. The third-order valence-electron chi connectivity index (χ3n) is 4.00. The molecule has 0 amide bonds. The topological polar surface area (TPSA) is 26.3 Å². The molecule has 5 heteroatoms. The van der Waals surface area contributed by atoms with Gasteiger partial charge >= 0.3 is 0 Å². The Kier molecular flexibility index (Phi) is 4.48. The van der Waals surface area contributed by atoms with Crippen LogP contribution in [0.5, 0.6) is 0 Å². The van der Waals surface area contributed by atoms with Crippen LogP contribution in [-0.4, -0.2) is 18.5 Å². The van der Waals surface area contributed by atoms with Crippen LogP contribution >= 0.6 is 0 Å². The minimum Gasteiger partial charge on any atom is -0.370 e. The highest BCUT2D eigenvalue weighted by Gasteiger charge is 2.40. The molecule has 0 atom stereocenters. The number of carbonyl (C=O) groups excluding carboxylic acids is 1. The number of benzene rings is 1. The van der Waals surface area contributed by atoms with Gasteiger partial charge in [0.25, 0.3) is 0 Å². The van der Waals surface area contributed by atoms with Crippen molar-refractivity contribution in [1.29, 1.82) is 0 Å². The van der Waals surface area contributed by atoms with Gasteiger partial charge in [0.2, 0.25) is 0 Å². The van der Waals surface area contributed by atoms with E-state index in [0.717, 1.165) is 37.8 Å². The first kappa shape index (κ1) is 15.0. The lowest BCUT2D eigenvalue weighted by atomic mass is 9.85. The molecule has 1 aromatic carbocycles. The summed E-state index contributed by atoms with van der Waals surface area (Å²) in [6.07, 6.45) is 4.51.